The van der Waals surface area contributed by atoms with E-state index in [0.29, 0.717) is 38.3 Å². The maximum atomic E-state index is 12.2. The number of rotatable bonds is 6. The molecule has 0 bridgehead atoms. The third kappa shape index (κ3) is 5.37. The molecule has 0 unspecified atom stereocenters. The number of nitrogens with zero attached hydrogens (tertiary/aromatic N) is 4. The van der Waals surface area contributed by atoms with Crippen molar-refractivity contribution in [2.24, 2.45) is 0 Å². The molecule has 1 aromatic rings. The molecule has 0 spiro atoms. The van der Waals surface area contributed by atoms with Crippen molar-refractivity contribution in [2.45, 2.75) is 38.8 Å². The third-order valence-corrected chi connectivity index (χ3v) is 7.68. The van der Waals surface area contributed by atoms with Crippen LogP contribution in [0.25, 0.3) is 0 Å². The first kappa shape index (κ1) is 22.2. The molecular weight excluding hydrogens is 396 g/mol. The van der Waals surface area contributed by atoms with Crippen molar-refractivity contribution in [3.8, 4) is 5.75 Å². The summed E-state index contributed by atoms with van der Waals surface area (Å²) in [6.45, 7) is 4.45. The van der Waals surface area contributed by atoms with E-state index >= 15 is 0 Å². The van der Waals surface area contributed by atoms with E-state index in [1.165, 1.54) is 41.8 Å². The van der Waals surface area contributed by atoms with Gasteiger partial charge in [-0.25, -0.2) is 4.79 Å². The Kier molecular flexibility index (Phi) is 7.33. The zero-order valence-electron chi connectivity index (χ0n) is 17.3. The Labute approximate surface area is 172 Å². The molecule has 3 heterocycles. The van der Waals surface area contributed by atoms with Crippen LogP contribution in [-0.2, 0) is 23.3 Å². The van der Waals surface area contributed by atoms with Crippen LogP contribution in [-0.4, -0.2) is 85.3 Å². The molecule has 2 aliphatic rings. The molecule has 0 saturated carbocycles. The second-order valence-electron chi connectivity index (χ2n) is 8.03. The molecule has 2 fully saturated rings. The van der Waals surface area contributed by atoms with Crippen molar-refractivity contribution in [1.29, 1.82) is 0 Å². The summed E-state index contributed by atoms with van der Waals surface area (Å²) in [4.78, 5) is 16.5. The van der Waals surface area contributed by atoms with E-state index in [-0.39, 0.29) is 17.9 Å². The zero-order chi connectivity index (χ0) is 21.0. The summed E-state index contributed by atoms with van der Waals surface area (Å²) < 4.78 is 32.3. The quantitative estimate of drug-likeness (QED) is 0.710. The van der Waals surface area contributed by atoms with Crippen LogP contribution in [0.15, 0.2) is 15.5 Å². The summed E-state index contributed by atoms with van der Waals surface area (Å²) in [7, 11) is -0.405. The van der Waals surface area contributed by atoms with Crippen LogP contribution >= 0.6 is 0 Å². The van der Waals surface area contributed by atoms with Gasteiger partial charge in [-0.2, -0.15) is 17.0 Å². The van der Waals surface area contributed by atoms with Crippen molar-refractivity contribution >= 4 is 10.2 Å². The van der Waals surface area contributed by atoms with E-state index < -0.39 is 15.8 Å². The molecule has 3 rings (SSSR count). The van der Waals surface area contributed by atoms with Crippen LogP contribution < -0.4 is 5.63 Å². The van der Waals surface area contributed by atoms with Gasteiger partial charge in [-0.1, -0.05) is 12.8 Å². The van der Waals surface area contributed by atoms with Gasteiger partial charge in [0.25, 0.3) is 10.2 Å². The first-order chi connectivity index (χ1) is 13.8. The van der Waals surface area contributed by atoms with Crippen molar-refractivity contribution in [3.05, 3.63) is 27.8 Å². The minimum absolute atomic E-state index is 0.00818. The molecule has 0 radical (unpaired) electrons. The summed E-state index contributed by atoms with van der Waals surface area (Å²) in [5, 5.41) is 10.7. The van der Waals surface area contributed by atoms with Crippen molar-refractivity contribution in [2.75, 3.05) is 53.4 Å². The van der Waals surface area contributed by atoms with E-state index in [1.807, 2.05) is 4.90 Å². The molecule has 10 heteroatoms. The maximum Gasteiger partial charge on any atom is 0.343 e. The highest BCUT2D eigenvalue weighted by Gasteiger charge is 2.29. The van der Waals surface area contributed by atoms with Crippen LogP contribution in [0.5, 0.6) is 5.75 Å². The van der Waals surface area contributed by atoms with Gasteiger partial charge in [0, 0.05) is 58.9 Å². The minimum Gasteiger partial charge on any atom is -0.507 e. The Bertz CT molecular complexity index is 839. The molecule has 0 aliphatic carbocycles. The molecule has 164 valence electrons. The number of aromatic hydroxyl groups is 1. The zero-order valence-corrected chi connectivity index (χ0v) is 18.2. The topological polar surface area (TPSA) is 97.5 Å². The summed E-state index contributed by atoms with van der Waals surface area (Å²) >= 11 is 0. The number of piperazine rings is 1. The lowest BCUT2D eigenvalue weighted by Crippen LogP contribution is -2.51. The molecule has 9 nitrogen and oxygen atoms in total. The van der Waals surface area contributed by atoms with Gasteiger partial charge < -0.3 is 9.52 Å². The third-order valence-electron chi connectivity index (χ3n) is 5.74. The predicted octanol–water partition coefficient (Wildman–Crippen LogP) is 0.645. The standard InChI is InChI=1S/C19H32N4O5S/c1-20(2)29(26,27)23-11-9-22(10-12-23)14-17-18(24)16(15-28-19(17)25)13-21-7-5-3-4-6-8-21/h15,24H,3-14H2,1-2H3. The van der Waals surface area contributed by atoms with Gasteiger partial charge in [0.2, 0.25) is 0 Å². The molecule has 1 N–H and O–H groups in total. The molecule has 0 amide bonds. The summed E-state index contributed by atoms with van der Waals surface area (Å²) in [5.41, 5.74) is 0.349. The fourth-order valence-corrected chi connectivity index (χ4v) is 4.99. The highest BCUT2D eigenvalue weighted by atomic mass is 32.2. The Hall–Kier alpha value is -1.46. The van der Waals surface area contributed by atoms with Gasteiger partial charge in [-0.3, -0.25) is 9.80 Å². The summed E-state index contributed by atoms with van der Waals surface area (Å²) in [5.74, 6) is 0.00818. The summed E-state index contributed by atoms with van der Waals surface area (Å²) in [6.07, 6.45) is 6.11. The molecule has 0 aromatic carbocycles. The minimum atomic E-state index is -3.43. The van der Waals surface area contributed by atoms with Gasteiger partial charge in [0.05, 0.1) is 5.56 Å². The van der Waals surface area contributed by atoms with Gasteiger partial charge in [0.15, 0.2) is 0 Å². The summed E-state index contributed by atoms with van der Waals surface area (Å²) in [6, 6.07) is 0. The molecular formula is C19H32N4O5S. The van der Waals surface area contributed by atoms with E-state index in [9.17, 15) is 18.3 Å². The lowest BCUT2D eigenvalue weighted by atomic mass is 10.1. The van der Waals surface area contributed by atoms with Gasteiger partial charge in [0.1, 0.15) is 12.0 Å². The van der Waals surface area contributed by atoms with E-state index in [2.05, 4.69) is 4.90 Å². The molecule has 0 atom stereocenters. The number of hydrogen-bond donors (Lipinski definition) is 1. The van der Waals surface area contributed by atoms with Crippen LogP contribution in [0.3, 0.4) is 0 Å². The first-order valence-corrected chi connectivity index (χ1v) is 11.6. The van der Waals surface area contributed by atoms with Gasteiger partial charge >= 0.3 is 5.63 Å². The first-order valence-electron chi connectivity index (χ1n) is 10.2. The largest absolute Gasteiger partial charge is 0.507 e. The average molecular weight is 429 g/mol. The molecule has 2 aliphatic heterocycles. The Morgan fingerprint density at radius 1 is 0.966 bits per heavy atom. The highest BCUT2D eigenvalue weighted by Crippen LogP contribution is 2.24. The van der Waals surface area contributed by atoms with Crippen LogP contribution in [0.4, 0.5) is 0 Å². The van der Waals surface area contributed by atoms with E-state index in [4.69, 9.17) is 4.42 Å². The molecule has 2 saturated heterocycles. The SMILES string of the molecule is CN(C)S(=O)(=O)N1CCN(Cc2c(O)c(CN3CCCCCC3)coc2=O)CC1. The smallest absolute Gasteiger partial charge is 0.343 e. The van der Waals surface area contributed by atoms with Gasteiger partial charge in [-0.05, 0) is 25.9 Å². The Balaban J connectivity index is 1.66. The lowest BCUT2D eigenvalue weighted by Gasteiger charge is -2.35. The maximum absolute atomic E-state index is 12.2. The van der Waals surface area contributed by atoms with Crippen LogP contribution in [0.1, 0.15) is 36.8 Å². The fraction of sp³-hybridized carbons (Fsp3) is 0.737. The average Bonchev–Trinajstić information content (AvgIpc) is 2.96. The monoisotopic (exact) mass is 428 g/mol. The Morgan fingerprint density at radius 3 is 2.14 bits per heavy atom. The van der Waals surface area contributed by atoms with Crippen LogP contribution in [0.2, 0.25) is 0 Å². The second-order valence-corrected chi connectivity index (χ2v) is 10.2. The van der Waals surface area contributed by atoms with Crippen molar-refractivity contribution < 1.29 is 17.9 Å². The molecule has 29 heavy (non-hydrogen) atoms. The lowest BCUT2D eigenvalue weighted by molar-refractivity contribution is 0.173. The van der Waals surface area contributed by atoms with E-state index in [1.54, 1.807) is 0 Å². The van der Waals surface area contributed by atoms with Crippen LogP contribution in [0, 0.1) is 0 Å². The van der Waals surface area contributed by atoms with Crippen molar-refractivity contribution in [3.63, 3.8) is 0 Å². The van der Waals surface area contributed by atoms with Gasteiger partial charge in [-0.15, -0.1) is 0 Å². The number of hydrogen-bond acceptors (Lipinski definition) is 7. The highest BCUT2D eigenvalue weighted by molar-refractivity contribution is 7.86. The van der Waals surface area contributed by atoms with Crippen molar-refractivity contribution in [1.82, 2.24) is 18.4 Å². The Morgan fingerprint density at radius 2 is 1.55 bits per heavy atom. The number of likely N-dealkylation sites (tertiary alicyclic amines) is 1. The molecule has 1 aromatic heterocycles. The normalized spacial score (nSPS) is 20.8. The predicted molar refractivity (Wildman–Crippen MR) is 110 cm³/mol. The second kappa shape index (κ2) is 9.57. The van der Waals surface area contributed by atoms with E-state index in [0.717, 1.165) is 25.9 Å². The fourth-order valence-electron chi connectivity index (χ4n) is 3.90.